The molecule has 1 aliphatic carbocycles. The molecule has 0 saturated heterocycles. The Hall–Kier alpha value is -1.11. The van der Waals surface area contributed by atoms with Gasteiger partial charge in [0.25, 0.3) is 0 Å². The Morgan fingerprint density at radius 2 is 2.26 bits per heavy atom. The molecule has 2 atom stereocenters. The van der Waals surface area contributed by atoms with Crippen LogP contribution in [0.4, 0.5) is 13.2 Å². The summed E-state index contributed by atoms with van der Waals surface area (Å²) in [6.07, 6.45) is -1.61. The minimum atomic E-state index is -4.25. The van der Waals surface area contributed by atoms with E-state index in [1.54, 1.807) is 0 Å². The zero-order valence-corrected chi connectivity index (χ0v) is 10.8. The van der Waals surface area contributed by atoms with Crippen LogP contribution in [0.3, 0.4) is 0 Å². The largest absolute Gasteiger partial charge is 0.391 e. The number of halogens is 3. The first-order chi connectivity index (χ1) is 8.87. The van der Waals surface area contributed by atoms with Gasteiger partial charge in [0.1, 0.15) is 5.60 Å². The number of hydrogen-bond donors (Lipinski definition) is 1. The Kier molecular flexibility index (Phi) is 3.85. The summed E-state index contributed by atoms with van der Waals surface area (Å²) in [4.78, 5) is 0. The van der Waals surface area contributed by atoms with Gasteiger partial charge < -0.3 is 5.11 Å². The summed E-state index contributed by atoms with van der Waals surface area (Å²) in [6, 6.07) is 0. The van der Waals surface area contributed by atoms with Gasteiger partial charge in [-0.3, -0.25) is 0 Å². The van der Waals surface area contributed by atoms with E-state index in [1.807, 2.05) is 6.92 Å². The van der Waals surface area contributed by atoms with Crippen molar-refractivity contribution in [2.24, 2.45) is 5.92 Å². The van der Waals surface area contributed by atoms with Crippen LogP contribution in [0.25, 0.3) is 0 Å². The molecule has 0 radical (unpaired) electrons. The van der Waals surface area contributed by atoms with E-state index in [4.69, 9.17) is 0 Å². The Balaban J connectivity index is 2.24. The monoisotopic (exact) mass is 277 g/mol. The van der Waals surface area contributed by atoms with Crippen molar-refractivity contribution in [1.29, 1.82) is 0 Å². The highest BCUT2D eigenvalue weighted by molar-refractivity contribution is 5.10. The van der Waals surface area contributed by atoms with E-state index in [9.17, 15) is 18.3 Å². The molecule has 1 aliphatic rings. The van der Waals surface area contributed by atoms with Gasteiger partial charge in [-0.2, -0.15) is 13.2 Å². The molecule has 1 aromatic heterocycles. The highest BCUT2D eigenvalue weighted by Crippen LogP contribution is 2.45. The Labute approximate surface area is 109 Å². The molecule has 1 aromatic rings. The summed E-state index contributed by atoms with van der Waals surface area (Å²) >= 11 is 0. The molecule has 19 heavy (non-hydrogen) atoms. The summed E-state index contributed by atoms with van der Waals surface area (Å²) in [5.41, 5.74) is -1.06. The van der Waals surface area contributed by atoms with Gasteiger partial charge in [-0.15, -0.1) is 5.10 Å². The third-order valence-corrected chi connectivity index (χ3v) is 3.72. The maximum absolute atomic E-state index is 12.8. The summed E-state index contributed by atoms with van der Waals surface area (Å²) in [5, 5.41) is 18.1. The number of aliphatic hydroxyl groups is 1. The topological polar surface area (TPSA) is 50.9 Å². The normalized spacial score (nSPS) is 28.6. The molecule has 2 unspecified atom stereocenters. The fourth-order valence-corrected chi connectivity index (χ4v) is 2.76. The SMILES string of the molecule is CCCn1nncc1C1(O)CCCC(C(F)(F)F)C1. The number of nitrogens with zero attached hydrogens (tertiary/aromatic N) is 3. The fourth-order valence-electron chi connectivity index (χ4n) is 2.76. The second-order valence-corrected chi connectivity index (χ2v) is 5.21. The minimum absolute atomic E-state index is 0.0845. The number of rotatable bonds is 3. The summed E-state index contributed by atoms with van der Waals surface area (Å²) in [5.74, 6) is -1.45. The van der Waals surface area contributed by atoms with Crippen LogP contribution in [-0.2, 0) is 12.1 Å². The molecular formula is C12H18F3N3O. The Morgan fingerprint density at radius 3 is 2.89 bits per heavy atom. The zero-order chi connectivity index (χ0) is 14.1. The van der Waals surface area contributed by atoms with Crippen LogP contribution in [0.15, 0.2) is 6.20 Å². The molecule has 1 saturated carbocycles. The van der Waals surface area contributed by atoms with E-state index in [-0.39, 0.29) is 12.8 Å². The first-order valence-electron chi connectivity index (χ1n) is 6.55. The van der Waals surface area contributed by atoms with Crippen LogP contribution in [0.1, 0.15) is 44.7 Å². The number of hydrogen-bond acceptors (Lipinski definition) is 3. The average molecular weight is 277 g/mol. The summed E-state index contributed by atoms with van der Waals surface area (Å²) in [6.45, 7) is 2.49. The molecule has 1 fully saturated rings. The van der Waals surface area contributed by atoms with Crippen molar-refractivity contribution >= 4 is 0 Å². The van der Waals surface area contributed by atoms with Gasteiger partial charge >= 0.3 is 6.18 Å². The zero-order valence-electron chi connectivity index (χ0n) is 10.8. The lowest BCUT2D eigenvalue weighted by atomic mass is 9.76. The fraction of sp³-hybridized carbons (Fsp3) is 0.833. The maximum Gasteiger partial charge on any atom is 0.391 e. The van der Waals surface area contributed by atoms with Crippen molar-refractivity contribution in [2.75, 3.05) is 0 Å². The predicted molar refractivity (Wildman–Crippen MR) is 62.2 cm³/mol. The van der Waals surface area contributed by atoms with Crippen LogP contribution in [0.2, 0.25) is 0 Å². The molecule has 2 rings (SSSR count). The molecular weight excluding hydrogens is 259 g/mol. The molecule has 0 aromatic carbocycles. The van der Waals surface area contributed by atoms with Crippen LogP contribution in [0, 0.1) is 5.92 Å². The number of alkyl halides is 3. The van der Waals surface area contributed by atoms with Crippen molar-refractivity contribution in [3.05, 3.63) is 11.9 Å². The van der Waals surface area contributed by atoms with Crippen LogP contribution in [-0.4, -0.2) is 26.3 Å². The van der Waals surface area contributed by atoms with E-state index in [0.29, 0.717) is 25.1 Å². The van der Waals surface area contributed by atoms with Crippen molar-refractivity contribution in [2.45, 2.75) is 57.3 Å². The summed E-state index contributed by atoms with van der Waals surface area (Å²) < 4.78 is 40.0. The first kappa shape index (κ1) is 14.3. The lowest BCUT2D eigenvalue weighted by Crippen LogP contribution is -2.39. The lowest BCUT2D eigenvalue weighted by molar-refractivity contribution is -0.202. The number of aromatic nitrogens is 3. The summed E-state index contributed by atoms with van der Waals surface area (Å²) in [7, 11) is 0. The van der Waals surface area contributed by atoms with Gasteiger partial charge in [-0.05, 0) is 32.1 Å². The Bertz CT molecular complexity index is 432. The molecule has 0 spiro atoms. The van der Waals surface area contributed by atoms with Crippen molar-refractivity contribution in [1.82, 2.24) is 15.0 Å². The molecule has 108 valence electrons. The second kappa shape index (κ2) is 5.11. The molecule has 0 bridgehead atoms. The van der Waals surface area contributed by atoms with Crippen molar-refractivity contribution in [3.63, 3.8) is 0 Å². The Morgan fingerprint density at radius 1 is 1.53 bits per heavy atom. The molecule has 1 heterocycles. The van der Waals surface area contributed by atoms with Crippen LogP contribution in [0.5, 0.6) is 0 Å². The van der Waals surface area contributed by atoms with Crippen LogP contribution < -0.4 is 0 Å². The van der Waals surface area contributed by atoms with E-state index in [1.165, 1.54) is 10.9 Å². The third kappa shape index (κ3) is 2.91. The van der Waals surface area contributed by atoms with Gasteiger partial charge in [-0.1, -0.05) is 12.1 Å². The lowest BCUT2D eigenvalue weighted by Gasteiger charge is -2.37. The number of aryl methyl sites for hydroxylation is 1. The van der Waals surface area contributed by atoms with Gasteiger partial charge in [0.2, 0.25) is 0 Å². The highest BCUT2D eigenvalue weighted by atomic mass is 19.4. The molecule has 1 N–H and O–H groups in total. The van der Waals surface area contributed by atoms with E-state index in [2.05, 4.69) is 10.3 Å². The standard InChI is InChI=1S/C12H18F3N3O/c1-2-6-18-10(8-16-17-18)11(19)5-3-4-9(7-11)12(13,14)15/h8-9,19H,2-7H2,1H3. The van der Waals surface area contributed by atoms with Gasteiger partial charge in [0.05, 0.1) is 17.8 Å². The average Bonchev–Trinajstić information content (AvgIpc) is 2.77. The minimum Gasteiger partial charge on any atom is -0.383 e. The van der Waals surface area contributed by atoms with E-state index in [0.717, 1.165) is 6.42 Å². The maximum atomic E-state index is 12.8. The second-order valence-electron chi connectivity index (χ2n) is 5.21. The molecule has 0 amide bonds. The quantitative estimate of drug-likeness (QED) is 0.924. The van der Waals surface area contributed by atoms with Crippen LogP contribution >= 0.6 is 0 Å². The molecule has 7 heteroatoms. The van der Waals surface area contributed by atoms with Gasteiger partial charge in [-0.25, -0.2) is 4.68 Å². The third-order valence-electron chi connectivity index (χ3n) is 3.72. The van der Waals surface area contributed by atoms with Crippen molar-refractivity contribution in [3.8, 4) is 0 Å². The smallest absolute Gasteiger partial charge is 0.383 e. The first-order valence-corrected chi connectivity index (χ1v) is 6.55. The van der Waals surface area contributed by atoms with Crippen molar-refractivity contribution < 1.29 is 18.3 Å². The van der Waals surface area contributed by atoms with Gasteiger partial charge in [0, 0.05) is 6.54 Å². The predicted octanol–water partition coefficient (Wildman–Crippen LogP) is 2.63. The van der Waals surface area contributed by atoms with E-state index >= 15 is 0 Å². The highest BCUT2D eigenvalue weighted by Gasteiger charge is 2.48. The van der Waals surface area contributed by atoms with E-state index < -0.39 is 17.7 Å². The van der Waals surface area contributed by atoms with Gasteiger partial charge in [0.15, 0.2) is 0 Å². The molecule has 4 nitrogen and oxygen atoms in total. The molecule has 0 aliphatic heterocycles.